The van der Waals surface area contributed by atoms with Gasteiger partial charge >= 0.3 is 0 Å². The molecule has 2 nitrogen and oxygen atoms in total. The van der Waals surface area contributed by atoms with Crippen molar-refractivity contribution in [2.75, 3.05) is 13.2 Å². The van der Waals surface area contributed by atoms with Crippen molar-refractivity contribution in [1.29, 1.82) is 0 Å². The molecule has 0 aromatic heterocycles. The van der Waals surface area contributed by atoms with Gasteiger partial charge in [0.1, 0.15) is 5.75 Å². The molecule has 0 atom stereocenters. The first kappa shape index (κ1) is 19.1. The van der Waals surface area contributed by atoms with Gasteiger partial charge in [0.2, 0.25) is 0 Å². The second-order valence-electron chi connectivity index (χ2n) is 6.95. The summed E-state index contributed by atoms with van der Waals surface area (Å²) in [6.07, 6.45) is 15.4. The van der Waals surface area contributed by atoms with Crippen molar-refractivity contribution in [3.8, 4) is 5.75 Å². The van der Waals surface area contributed by atoms with Crippen LogP contribution in [0.2, 0.25) is 0 Å². The summed E-state index contributed by atoms with van der Waals surface area (Å²) in [6.45, 7) is 5.10. The molecule has 0 radical (unpaired) electrons. The zero-order valence-corrected chi connectivity index (χ0v) is 15.5. The zero-order valence-electron chi connectivity index (χ0n) is 15.5. The fraction of sp³-hybridized carbons (Fsp3) is 0.636. The second kappa shape index (κ2) is 12.1. The molecule has 0 unspecified atom stereocenters. The molecule has 2 rings (SSSR count). The van der Waals surface area contributed by atoms with E-state index in [0.29, 0.717) is 0 Å². The van der Waals surface area contributed by atoms with Crippen LogP contribution in [0.1, 0.15) is 76.7 Å². The Morgan fingerprint density at radius 3 is 2.83 bits per heavy atom. The molecule has 1 aliphatic carbocycles. The van der Waals surface area contributed by atoms with Gasteiger partial charge in [0.15, 0.2) is 0 Å². The first-order valence-electron chi connectivity index (χ1n) is 9.99. The van der Waals surface area contributed by atoms with Gasteiger partial charge in [-0.1, -0.05) is 56.4 Å². The molecule has 1 aliphatic rings. The third-order valence-electron chi connectivity index (χ3n) is 4.75. The average Bonchev–Trinajstić information content (AvgIpc) is 2.63. The van der Waals surface area contributed by atoms with Crippen LogP contribution in [0.15, 0.2) is 35.9 Å². The summed E-state index contributed by atoms with van der Waals surface area (Å²) in [4.78, 5) is 0. The van der Waals surface area contributed by atoms with Crippen LogP contribution >= 0.6 is 0 Å². The SMILES string of the molecule is CCCCCCCOc1cccc(CNCCC2=CCCCC2)c1. The molecule has 24 heavy (non-hydrogen) atoms. The highest BCUT2D eigenvalue weighted by atomic mass is 16.5. The molecular formula is C22H35NO. The molecule has 1 aromatic carbocycles. The Morgan fingerprint density at radius 1 is 1.08 bits per heavy atom. The normalized spacial score (nSPS) is 14.5. The standard InChI is InChI=1S/C22H35NO/c1-2-3-4-5-9-17-24-22-14-10-13-21(18-22)19-23-16-15-20-11-7-6-8-12-20/h10-11,13-14,18,23H,2-9,12,15-17,19H2,1H3. The van der Waals surface area contributed by atoms with Crippen molar-refractivity contribution in [3.63, 3.8) is 0 Å². The van der Waals surface area contributed by atoms with Crippen LogP contribution < -0.4 is 10.1 Å². The Morgan fingerprint density at radius 2 is 2.00 bits per heavy atom. The Balaban J connectivity index is 1.60. The van der Waals surface area contributed by atoms with Gasteiger partial charge in [-0.25, -0.2) is 0 Å². The molecule has 0 bridgehead atoms. The third-order valence-corrected chi connectivity index (χ3v) is 4.75. The van der Waals surface area contributed by atoms with Crippen LogP contribution in [0.5, 0.6) is 5.75 Å². The summed E-state index contributed by atoms with van der Waals surface area (Å²) >= 11 is 0. The van der Waals surface area contributed by atoms with Gasteiger partial charge in [-0.3, -0.25) is 0 Å². The summed E-state index contributed by atoms with van der Waals surface area (Å²) in [5.41, 5.74) is 2.96. The number of hydrogen-bond donors (Lipinski definition) is 1. The van der Waals surface area contributed by atoms with Gasteiger partial charge in [-0.2, -0.15) is 0 Å². The number of nitrogens with one attached hydrogen (secondary N) is 1. The van der Waals surface area contributed by atoms with Crippen LogP contribution in [0, 0.1) is 0 Å². The van der Waals surface area contributed by atoms with Crippen molar-refractivity contribution in [3.05, 3.63) is 41.5 Å². The first-order chi connectivity index (χ1) is 11.9. The fourth-order valence-electron chi connectivity index (χ4n) is 3.25. The van der Waals surface area contributed by atoms with E-state index >= 15 is 0 Å². The Hall–Kier alpha value is -1.28. The molecular weight excluding hydrogens is 294 g/mol. The van der Waals surface area contributed by atoms with Gasteiger partial charge in [0.05, 0.1) is 6.61 Å². The molecule has 2 heteroatoms. The van der Waals surface area contributed by atoms with E-state index in [2.05, 4.69) is 42.6 Å². The van der Waals surface area contributed by atoms with Crippen molar-refractivity contribution >= 4 is 0 Å². The molecule has 0 heterocycles. The van der Waals surface area contributed by atoms with Crippen LogP contribution in [-0.2, 0) is 6.54 Å². The zero-order chi connectivity index (χ0) is 16.9. The molecule has 1 aromatic rings. The number of rotatable bonds is 12. The smallest absolute Gasteiger partial charge is 0.119 e. The summed E-state index contributed by atoms with van der Waals surface area (Å²) in [5.74, 6) is 1.01. The second-order valence-corrected chi connectivity index (χ2v) is 6.95. The van der Waals surface area contributed by atoms with Crippen molar-refractivity contribution in [2.24, 2.45) is 0 Å². The lowest BCUT2D eigenvalue weighted by molar-refractivity contribution is 0.304. The summed E-state index contributed by atoms with van der Waals surface area (Å²) < 4.78 is 5.89. The van der Waals surface area contributed by atoms with Gasteiger partial charge in [0, 0.05) is 6.54 Å². The van der Waals surface area contributed by atoms with E-state index in [4.69, 9.17) is 4.74 Å². The molecule has 0 amide bonds. The molecule has 0 spiro atoms. The van der Waals surface area contributed by atoms with Crippen molar-refractivity contribution in [2.45, 2.75) is 77.7 Å². The van der Waals surface area contributed by atoms with Gasteiger partial charge in [-0.05, 0) is 62.8 Å². The monoisotopic (exact) mass is 329 g/mol. The molecule has 0 aliphatic heterocycles. The van der Waals surface area contributed by atoms with E-state index in [-0.39, 0.29) is 0 Å². The number of hydrogen-bond acceptors (Lipinski definition) is 2. The number of ether oxygens (including phenoxy) is 1. The lowest BCUT2D eigenvalue weighted by Gasteiger charge is -2.13. The quantitative estimate of drug-likeness (QED) is 0.374. The van der Waals surface area contributed by atoms with Crippen LogP contribution in [0.3, 0.4) is 0 Å². The predicted octanol–water partition coefficient (Wildman–Crippen LogP) is 6.02. The Kier molecular flexibility index (Phi) is 9.63. The Bertz CT molecular complexity index is 481. The lowest BCUT2D eigenvalue weighted by atomic mass is 9.97. The average molecular weight is 330 g/mol. The minimum Gasteiger partial charge on any atom is -0.494 e. The third kappa shape index (κ3) is 8.01. The van der Waals surface area contributed by atoms with Crippen molar-refractivity contribution < 1.29 is 4.74 Å². The van der Waals surface area contributed by atoms with E-state index in [1.54, 1.807) is 5.57 Å². The van der Waals surface area contributed by atoms with E-state index in [1.807, 2.05) is 0 Å². The van der Waals surface area contributed by atoms with Gasteiger partial charge in [-0.15, -0.1) is 0 Å². The summed E-state index contributed by atoms with van der Waals surface area (Å²) in [6, 6.07) is 8.54. The van der Waals surface area contributed by atoms with E-state index < -0.39 is 0 Å². The maximum absolute atomic E-state index is 5.89. The number of unbranched alkanes of at least 4 members (excludes halogenated alkanes) is 4. The van der Waals surface area contributed by atoms with E-state index in [1.165, 1.54) is 63.4 Å². The lowest BCUT2D eigenvalue weighted by Crippen LogP contribution is -2.15. The van der Waals surface area contributed by atoms with E-state index in [0.717, 1.165) is 31.9 Å². The molecule has 1 N–H and O–H groups in total. The molecule has 134 valence electrons. The highest BCUT2D eigenvalue weighted by Crippen LogP contribution is 2.19. The molecule has 0 fully saturated rings. The highest BCUT2D eigenvalue weighted by molar-refractivity contribution is 5.28. The fourth-order valence-corrected chi connectivity index (χ4v) is 3.25. The topological polar surface area (TPSA) is 21.3 Å². The minimum atomic E-state index is 0.842. The highest BCUT2D eigenvalue weighted by Gasteiger charge is 2.03. The molecule has 0 saturated carbocycles. The minimum absolute atomic E-state index is 0.842. The van der Waals surface area contributed by atoms with Crippen LogP contribution in [-0.4, -0.2) is 13.2 Å². The summed E-state index contributed by atoms with van der Waals surface area (Å²) in [7, 11) is 0. The Labute approximate surface area is 148 Å². The maximum atomic E-state index is 5.89. The van der Waals surface area contributed by atoms with Crippen LogP contribution in [0.4, 0.5) is 0 Å². The molecule has 0 saturated heterocycles. The predicted molar refractivity (Wildman–Crippen MR) is 104 cm³/mol. The number of benzene rings is 1. The summed E-state index contributed by atoms with van der Waals surface area (Å²) in [5, 5.41) is 3.57. The van der Waals surface area contributed by atoms with E-state index in [9.17, 15) is 0 Å². The van der Waals surface area contributed by atoms with Gasteiger partial charge < -0.3 is 10.1 Å². The largest absolute Gasteiger partial charge is 0.494 e. The number of allylic oxidation sites excluding steroid dienone is 1. The van der Waals surface area contributed by atoms with Crippen LogP contribution in [0.25, 0.3) is 0 Å². The van der Waals surface area contributed by atoms with Crippen molar-refractivity contribution in [1.82, 2.24) is 5.32 Å². The first-order valence-corrected chi connectivity index (χ1v) is 9.99. The van der Waals surface area contributed by atoms with Gasteiger partial charge in [0.25, 0.3) is 0 Å². The maximum Gasteiger partial charge on any atom is 0.119 e.